The van der Waals surface area contributed by atoms with E-state index in [9.17, 15) is 4.79 Å². The molecule has 1 aromatic heterocycles. The zero-order valence-corrected chi connectivity index (χ0v) is 18.6. The van der Waals surface area contributed by atoms with Crippen molar-refractivity contribution in [1.82, 2.24) is 0 Å². The van der Waals surface area contributed by atoms with Crippen LogP contribution in [0.15, 0.2) is 36.4 Å². The number of rotatable bonds is 2. The molecule has 0 fully saturated rings. The lowest BCUT2D eigenvalue weighted by Gasteiger charge is -2.19. The molecule has 0 saturated carbocycles. The number of aryl methyl sites for hydroxylation is 1. The molecule has 3 nitrogen and oxygen atoms in total. The molecule has 0 radical (unpaired) electrons. The predicted octanol–water partition coefficient (Wildman–Crippen LogP) is 7.76. The van der Waals surface area contributed by atoms with Crippen molar-refractivity contribution in [2.45, 2.75) is 67.9 Å². The van der Waals surface area contributed by atoms with Gasteiger partial charge in [0.15, 0.2) is 0 Å². The molecule has 2 rings (SSSR count). The average Bonchev–Trinajstić information content (AvgIpc) is 2.94. The number of ether oxygens (including phenoxy) is 1. The molecule has 0 spiro atoms. The van der Waals surface area contributed by atoms with Gasteiger partial charge in [-0.25, -0.2) is 4.79 Å². The average molecular weight is 378 g/mol. The highest BCUT2D eigenvalue weighted by Gasteiger charge is 2.16. The molecule has 146 valence electrons. The van der Waals surface area contributed by atoms with Gasteiger partial charge in [0.25, 0.3) is 0 Å². The summed E-state index contributed by atoms with van der Waals surface area (Å²) in [4.78, 5) is 14.2. The smallest absolute Gasteiger partial charge is 0.412 e. The lowest BCUT2D eigenvalue weighted by molar-refractivity contribution is 0.0636. The highest BCUT2D eigenvalue weighted by molar-refractivity contribution is 7.15. The van der Waals surface area contributed by atoms with Crippen LogP contribution >= 0.6 is 11.3 Å². The summed E-state index contributed by atoms with van der Waals surface area (Å²) in [5.41, 5.74) is 1.40. The number of carbonyl (C=O) groups is 1. The van der Waals surface area contributed by atoms with Crippen LogP contribution in [-0.2, 0) is 4.74 Å². The number of amides is 1. The molecule has 26 heavy (non-hydrogen) atoms. The largest absolute Gasteiger partial charge is 0.444 e. The molecule has 1 N–H and O–H groups in total. The first-order chi connectivity index (χ1) is 12.1. The normalized spacial score (nSPS) is 10.2. The Bertz CT molecular complexity index is 634. The molecule has 2 aromatic rings. The number of thiophene rings is 1. The first-order valence-electron chi connectivity index (χ1n) is 9.23. The molecule has 0 bridgehead atoms. The van der Waals surface area contributed by atoms with Crippen LogP contribution in [0.1, 0.15) is 60.3 Å². The number of anilines is 1. The van der Waals surface area contributed by atoms with Crippen molar-refractivity contribution in [3.8, 4) is 10.4 Å². The van der Waals surface area contributed by atoms with E-state index in [0.29, 0.717) is 0 Å². The van der Waals surface area contributed by atoms with E-state index >= 15 is 0 Å². The van der Waals surface area contributed by atoms with Gasteiger partial charge >= 0.3 is 6.09 Å². The third-order valence-electron chi connectivity index (χ3n) is 2.56. The fourth-order valence-corrected chi connectivity index (χ4v) is 2.60. The Morgan fingerprint density at radius 3 is 1.88 bits per heavy atom. The summed E-state index contributed by atoms with van der Waals surface area (Å²) in [5, 5.41) is 2.72. The van der Waals surface area contributed by atoms with Crippen LogP contribution in [0.3, 0.4) is 0 Å². The van der Waals surface area contributed by atoms with Crippen LogP contribution in [0.2, 0.25) is 0 Å². The quantitative estimate of drug-likeness (QED) is 0.580. The van der Waals surface area contributed by atoms with E-state index in [4.69, 9.17) is 4.74 Å². The number of nitrogens with one attached hydrogen (secondary N) is 1. The number of benzene rings is 1. The summed E-state index contributed by atoms with van der Waals surface area (Å²) in [6.07, 6.45) is -0.433. The third-order valence-corrected chi connectivity index (χ3v) is 3.60. The monoisotopic (exact) mass is 377 g/mol. The second kappa shape index (κ2) is 11.7. The summed E-state index contributed by atoms with van der Waals surface area (Å²) >= 11 is 1.76. The van der Waals surface area contributed by atoms with Crippen LogP contribution in [0.5, 0.6) is 0 Å². The Morgan fingerprint density at radius 1 is 1.00 bits per heavy atom. The molecule has 4 heteroatoms. The van der Waals surface area contributed by atoms with Crippen molar-refractivity contribution in [2.75, 3.05) is 5.32 Å². The van der Waals surface area contributed by atoms with Gasteiger partial charge in [0, 0.05) is 15.4 Å². The number of hydrogen-bond acceptors (Lipinski definition) is 3. The Morgan fingerprint density at radius 2 is 1.50 bits per heavy atom. The van der Waals surface area contributed by atoms with Gasteiger partial charge in [0.05, 0.1) is 0 Å². The molecule has 0 unspecified atom stereocenters. The third kappa shape index (κ3) is 10.9. The molecular formula is C22H35NO2S. The molecular weight excluding hydrogens is 342 g/mol. The highest BCUT2D eigenvalue weighted by atomic mass is 32.1. The first kappa shape index (κ1) is 24.2. The van der Waals surface area contributed by atoms with Gasteiger partial charge in [-0.05, 0) is 63.4 Å². The second-order valence-electron chi connectivity index (χ2n) is 7.35. The molecule has 0 atom stereocenters. The van der Waals surface area contributed by atoms with E-state index < -0.39 is 11.7 Å². The first-order valence-corrected chi connectivity index (χ1v) is 10.1. The standard InChI is InChI=1S/C16H19NO2S.C4H10.C2H6/c1-11-5-10-14(20-11)12-6-8-13(9-7-12)17-15(18)19-16(2,3)4;1-4(2)3;1-2/h5-10H,1-4H3,(H,17,18);4H,1-3H3;1-2H3. The Balaban J connectivity index is 0.000000920. The fraction of sp³-hybridized carbons (Fsp3) is 0.500. The van der Waals surface area contributed by atoms with Crippen LogP contribution in [0, 0.1) is 12.8 Å². The molecule has 0 saturated heterocycles. The summed E-state index contributed by atoms with van der Waals surface area (Å²) in [7, 11) is 0. The van der Waals surface area contributed by atoms with E-state index in [2.05, 4.69) is 45.1 Å². The Labute approximate surface area is 163 Å². The van der Waals surface area contributed by atoms with Crippen molar-refractivity contribution >= 4 is 23.1 Å². The summed E-state index contributed by atoms with van der Waals surface area (Å²) in [6.45, 7) is 18.1. The lowest BCUT2D eigenvalue weighted by Crippen LogP contribution is -2.27. The minimum Gasteiger partial charge on any atom is -0.444 e. The van der Waals surface area contributed by atoms with Crippen molar-refractivity contribution < 1.29 is 9.53 Å². The maximum atomic E-state index is 11.7. The second-order valence-corrected chi connectivity index (χ2v) is 8.63. The Kier molecular flexibility index (Phi) is 10.9. The van der Waals surface area contributed by atoms with E-state index in [-0.39, 0.29) is 0 Å². The SMILES string of the molecule is CC.CC(C)C.Cc1ccc(-c2ccc(NC(=O)OC(C)(C)C)cc2)s1. The minimum atomic E-state index is -0.488. The van der Waals surface area contributed by atoms with E-state index in [0.717, 1.165) is 17.2 Å². The van der Waals surface area contributed by atoms with Gasteiger partial charge in [-0.2, -0.15) is 0 Å². The molecule has 1 amide bonds. The predicted molar refractivity (Wildman–Crippen MR) is 116 cm³/mol. The fourth-order valence-electron chi connectivity index (χ4n) is 1.73. The topological polar surface area (TPSA) is 38.3 Å². The van der Waals surface area contributed by atoms with Crippen LogP contribution < -0.4 is 5.32 Å². The van der Waals surface area contributed by atoms with Crippen molar-refractivity contribution in [3.05, 3.63) is 41.3 Å². The van der Waals surface area contributed by atoms with Gasteiger partial charge in [0.2, 0.25) is 0 Å². The zero-order chi connectivity index (χ0) is 20.3. The van der Waals surface area contributed by atoms with Crippen molar-refractivity contribution in [1.29, 1.82) is 0 Å². The maximum Gasteiger partial charge on any atom is 0.412 e. The molecule has 1 heterocycles. The summed E-state index contributed by atoms with van der Waals surface area (Å²) < 4.78 is 5.21. The molecule has 0 aliphatic carbocycles. The number of carbonyl (C=O) groups excluding carboxylic acids is 1. The van der Waals surface area contributed by atoms with Crippen molar-refractivity contribution in [3.63, 3.8) is 0 Å². The zero-order valence-electron chi connectivity index (χ0n) is 17.8. The molecule has 0 aliphatic heterocycles. The van der Waals surface area contributed by atoms with E-state index in [1.807, 2.05) is 58.9 Å². The van der Waals surface area contributed by atoms with Gasteiger partial charge in [-0.15, -0.1) is 11.3 Å². The van der Waals surface area contributed by atoms with Gasteiger partial charge in [0.1, 0.15) is 5.60 Å². The van der Waals surface area contributed by atoms with E-state index in [1.165, 1.54) is 9.75 Å². The van der Waals surface area contributed by atoms with Gasteiger partial charge in [-0.3, -0.25) is 5.32 Å². The van der Waals surface area contributed by atoms with Gasteiger partial charge < -0.3 is 4.74 Å². The Hall–Kier alpha value is -1.81. The van der Waals surface area contributed by atoms with Crippen LogP contribution in [-0.4, -0.2) is 11.7 Å². The number of hydrogen-bond donors (Lipinski definition) is 1. The highest BCUT2D eigenvalue weighted by Crippen LogP contribution is 2.28. The minimum absolute atomic E-state index is 0.433. The molecule has 0 aliphatic rings. The summed E-state index contributed by atoms with van der Waals surface area (Å²) in [5.74, 6) is 0.833. The van der Waals surface area contributed by atoms with Crippen LogP contribution in [0.25, 0.3) is 10.4 Å². The van der Waals surface area contributed by atoms with Crippen LogP contribution in [0.4, 0.5) is 10.5 Å². The maximum absolute atomic E-state index is 11.7. The summed E-state index contributed by atoms with van der Waals surface area (Å²) in [6, 6.07) is 12.0. The van der Waals surface area contributed by atoms with Gasteiger partial charge in [-0.1, -0.05) is 46.8 Å². The lowest BCUT2D eigenvalue weighted by atomic mass is 10.2. The van der Waals surface area contributed by atoms with Crippen molar-refractivity contribution in [2.24, 2.45) is 5.92 Å². The molecule has 1 aromatic carbocycles. The van der Waals surface area contributed by atoms with E-state index in [1.54, 1.807) is 11.3 Å².